The zero-order valence-electron chi connectivity index (χ0n) is 16.8. The Morgan fingerprint density at radius 2 is 2.12 bits per heavy atom. The van der Waals surface area contributed by atoms with Crippen LogP contribution in [-0.4, -0.2) is 62.5 Å². The van der Waals surface area contributed by atoms with E-state index in [0.717, 1.165) is 69.3 Å². The first-order chi connectivity index (χ1) is 12.7. The first-order valence-electron chi connectivity index (χ1n) is 9.84. The maximum atomic E-state index is 5.47. The molecule has 148 valence electrons. The summed E-state index contributed by atoms with van der Waals surface area (Å²) in [6, 6.07) is 2.52. The summed E-state index contributed by atoms with van der Waals surface area (Å²) in [6.45, 7) is 8.98. The Labute approximate surface area is 157 Å². The van der Waals surface area contributed by atoms with Gasteiger partial charge in [-0.15, -0.1) is 0 Å². The highest BCUT2D eigenvalue weighted by Crippen LogP contribution is 2.22. The maximum Gasteiger partial charge on any atom is 0.191 e. The molecule has 0 saturated carbocycles. The summed E-state index contributed by atoms with van der Waals surface area (Å²) in [6.07, 6.45) is 4.40. The normalized spacial score (nSPS) is 17.0. The number of ether oxygens (including phenoxy) is 1. The van der Waals surface area contributed by atoms with Gasteiger partial charge < -0.3 is 24.8 Å². The fourth-order valence-electron chi connectivity index (χ4n) is 3.39. The number of hydrogen-bond donors (Lipinski definition) is 2. The molecule has 0 unspecified atom stereocenters. The zero-order valence-corrected chi connectivity index (χ0v) is 16.8. The quantitative estimate of drug-likeness (QED) is 0.517. The second-order valence-corrected chi connectivity index (χ2v) is 6.91. The number of rotatable bonds is 9. The van der Waals surface area contributed by atoms with Crippen molar-refractivity contribution in [2.45, 2.75) is 58.0 Å². The van der Waals surface area contributed by atoms with Gasteiger partial charge in [0.1, 0.15) is 0 Å². The van der Waals surface area contributed by atoms with Crippen LogP contribution in [0.15, 0.2) is 15.6 Å². The molecular formula is C19H35N5O2. The molecule has 26 heavy (non-hydrogen) atoms. The molecule has 1 aliphatic heterocycles. The van der Waals surface area contributed by atoms with Crippen LogP contribution >= 0.6 is 0 Å². The van der Waals surface area contributed by atoms with Crippen LogP contribution in [0.25, 0.3) is 0 Å². The number of nitrogens with zero attached hydrogens (tertiary/aromatic N) is 3. The number of aromatic nitrogens is 1. The summed E-state index contributed by atoms with van der Waals surface area (Å²) in [5, 5.41) is 11.1. The highest BCUT2D eigenvalue weighted by molar-refractivity contribution is 5.79. The van der Waals surface area contributed by atoms with Crippen LogP contribution in [0.4, 0.5) is 0 Å². The minimum Gasteiger partial charge on any atom is -0.383 e. The van der Waals surface area contributed by atoms with Crippen LogP contribution in [0.3, 0.4) is 0 Å². The van der Waals surface area contributed by atoms with Crippen LogP contribution in [0.1, 0.15) is 56.9 Å². The van der Waals surface area contributed by atoms with Gasteiger partial charge in [-0.2, -0.15) is 0 Å². The fraction of sp³-hybridized carbons (Fsp3) is 0.789. The molecule has 1 aromatic heterocycles. The van der Waals surface area contributed by atoms with Crippen molar-refractivity contribution in [3.63, 3.8) is 0 Å². The number of hydrogen-bond acceptors (Lipinski definition) is 5. The van der Waals surface area contributed by atoms with Gasteiger partial charge in [-0.1, -0.05) is 19.0 Å². The lowest BCUT2D eigenvalue weighted by Gasteiger charge is -2.32. The summed E-state index contributed by atoms with van der Waals surface area (Å²) in [7, 11) is 3.56. The number of methoxy groups -OCH3 is 1. The highest BCUT2D eigenvalue weighted by atomic mass is 16.5. The summed E-state index contributed by atoms with van der Waals surface area (Å²) in [4.78, 5) is 6.79. The van der Waals surface area contributed by atoms with Crippen LogP contribution in [0, 0.1) is 0 Å². The Morgan fingerprint density at radius 3 is 2.73 bits per heavy atom. The van der Waals surface area contributed by atoms with Crippen LogP contribution in [0.2, 0.25) is 0 Å². The summed E-state index contributed by atoms with van der Waals surface area (Å²) in [5.41, 5.74) is 1.05. The number of aliphatic imine (C=N–C) groups is 1. The van der Waals surface area contributed by atoms with Gasteiger partial charge in [0, 0.05) is 51.8 Å². The molecule has 7 nitrogen and oxygen atoms in total. The first-order valence-corrected chi connectivity index (χ1v) is 9.84. The molecule has 0 aliphatic carbocycles. The van der Waals surface area contributed by atoms with Gasteiger partial charge in [0.25, 0.3) is 0 Å². The van der Waals surface area contributed by atoms with E-state index in [1.54, 1.807) is 14.2 Å². The largest absolute Gasteiger partial charge is 0.383 e. The van der Waals surface area contributed by atoms with Gasteiger partial charge in [0.05, 0.1) is 18.8 Å². The topological polar surface area (TPSA) is 74.9 Å². The third-order valence-corrected chi connectivity index (χ3v) is 5.17. The molecule has 0 bridgehead atoms. The van der Waals surface area contributed by atoms with Crippen molar-refractivity contribution in [2.75, 3.05) is 40.4 Å². The Balaban J connectivity index is 1.75. The molecule has 2 heterocycles. The third kappa shape index (κ3) is 6.29. The highest BCUT2D eigenvalue weighted by Gasteiger charge is 2.20. The average Bonchev–Trinajstić information content (AvgIpc) is 3.14. The van der Waals surface area contributed by atoms with E-state index in [1.807, 2.05) is 0 Å². The van der Waals surface area contributed by atoms with E-state index < -0.39 is 0 Å². The number of guanidine groups is 1. The molecule has 1 aromatic rings. The smallest absolute Gasteiger partial charge is 0.191 e. The molecule has 2 rings (SSSR count). The van der Waals surface area contributed by atoms with Crippen molar-refractivity contribution >= 4 is 5.96 Å². The maximum absolute atomic E-state index is 5.47. The number of nitrogens with one attached hydrogen (secondary N) is 2. The Bertz CT molecular complexity index is 534. The molecule has 1 fully saturated rings. The molecule has 1 aliphatic rings. The lowest BCUT2D eigenvalue weighted by molar-refractivity contribution is 0.128. The standard InChI is InChI=1S/C19H35N5O2/c1-5-15(6-2)18-13-17(26-23-18)14-21-19(20-3)22-16-7-9-24(10-8-16)11-12-25-4/h13,15-16H,5-12,14H2,1-4H3,(H2,20,21,22). The predicted molar refractivity (Wildman–Crippen MR) is 104 cm³/mol. The van der Waals surface area contributed by atoms with E-state index in [0.29, 0.717) is 18.5 Å². The van der Waals surface area contributed by atoms with Crippen molar-refractivity contribution in [3.8, 4) is 0 Å². The van der Waals surface area contributed by atoms with Crippen LogP contribution in [-0.2, 0) is 11.3 Å². The first kappa shape index (κ1) is 20.7. The van der Waals surface area contributed by atoms with Crippen molar-refractivity contribution in [3.05, 3.63) is 17.5 Å². The van der Waals surface area contributed by atoms with E-state index in [4.69, 9.17) is 9.26 Å². The van der Waals surface area contributed by atoms with Crippen molar-refractivity contribution in [2.24, 2.45) is 4.99 Å². The monoisotopic (exact) mass is 365 g/mol. The fourth-order valence-corrected chi connectivity index (χ4v) is 3.39. The number of piperidine rings is 1. The number of likely N-dealkylation sites (tertiary alicyclic amines) is 1. The predicted octanol–water partition coefficient (Wildman–Crippen LogP) is 2.35. The third-order valence-electron chi connectivity index (χ3n) is 5.17. The molecular weight excluding hydrogens is 330 g/mol. The van der Waals surface area contributed by atoms with Gasteiger partial charge in [-0.25, -0.2) is 0 Å². The van der Waals surface area contributed by atoms with E-state index in [9.17, 15) is 0 Å². The average molecular weight is 366 g/mol. The van der Waals surface area contributed by atoms with Crippen molar-refractivity contribution in [1.29, 1.82) is 0 Å². The molecule has 2 N–H and O–H groups in total. The molecule has 0 radical (unpaired) electrons. The second kappa shape index (κ2) is 11.2. The van der Waals surface area contributed by atoms with Gasteiger partial charge in [-0.05, 0) is 25.7 Å². The lowest BCUT2D eigenvalue weighted by Crippen LogP contribution is -2.48. The van der Waals surface area contributed by atoms with E-state index in [2.05, 4.69) is 45.6 Å². The molecule has 0 atom stereocenters. The minimum atomic E-state index is 0.454. The van der Waals surface area contributed by atoms with E-state index >= 15 is 0 Å². The van der Waals surface area contributed by atoms with Crippen LogP contribution < -0.4 is 10.6 Å². The second-order valence-electron chi connectivity index (χ2n) is 6.91. The van der Waals surface area contributed by atoms with Gasteiger partial charge in [0.2, 0.25) is 0 Å². The Morgan fingerprint density at radius 1 is 1.38 bits per heavy atom. The molecule has 0 spiro atoms. The lowest BCUT2D eigenvalue weighted by atomic mass is 9.99. The molecule has 0 aromatic carbocycles. The van der Waals surface area contributed by atoms with Gasteiger partial charge in [0.15, 0.2) is 11.7 Å². The van der Waals surface area contributed by atoms with Crippen molar-refractivity contribution < 1.29 is 9.26 Å². The summed E-state index contributed by atoms with van der Waals surface area (Å²) in [5.74, 6) is 2.15. The van der Waals surface area contributed by atoms with Gasteiger partial charge in [-0.3, -0.25) is 4.99 Å². The molecule has 0 amide bonds. The van der Waals surface area contributed by atoms with E-state index in [1.165, 1.54) is 0 Å². The molecule has 1 saturated heterocycles. The Kier molecular flexibility index (Phi) is 8.91. The SMILES string of the molecule is CCC(CC)c1cc(CNC(=NC)NC2CCN(CCOC)CC2)on1. The van der Waals surface area contributed by atoms with Crippen LogP contribution in [0.5, 0.6) is 0 Å². The molecule has 7 heteroatoms. The van der Waals surface area contributed by atoms with E-state index in [-0.39, 0.29) is 0 Å². The van der Waals surface area contributed by atoms with Crippen molar-refractivity contribution in [1.82, 2.24) is 20.7 Å². The zero-order chi connectivity index (χ0) is 18.8. The summed E-state index contributed by atoms with van der Waals surface area (Å²) >= 11 is 0. The summed E-state index contributed by atoms with van der Waals surface area (Å²) < 4.78 is 10.6. The Hall–Kier alpha value is -1.60. The van der Waals surface area contributed by atoms with Gasteiger partial charge >= 0.3 is 0 Å². The minimum absolute atomic E-state index is 0.454.